The van der Waals surface area contributed by atoms with Crippen LogP contribution in [0.1, 0.15) is 57.4 Å². The van der Waals surface area contributed by atoms with Crippen molar-refractivity contribution in [2.24, 2.45) is 0 Å². The average molecular weight is 467 g/mol. The minimum absolute atomic E-state index is 0.186. The number of nitrogens with one attached hydrogen (secondary N) is 4. The van der Waals surface area contributed by atoms with Gasteiger partial charge in [0.05, 0.1) is 24.4 Å². The topological polar surface area (TPSA) is 116 Å². The highest BCUT2D eigenvalue weighted by Gasteiger charge is 2.33. The molecule has 1 fully saturated rings. The van der Waals surface area contributed by atoms with E-state index in [0.717, 1.165) is 36.8 Å². The molecular weight excluding hydrogens is 440 g/mol. The molecule has 9 heteroatoms. The first-order valence-corrected chi connectivity index (χ1v) is 12.0. The van der Waals surface area contributed by atoms with Gasteiger partial charge in [0.15, 0.2) is 0 Å². The third-order valence-corrected chi connectivity index (χ3v) is 7.38. The van der Waals surface area contributed by atoms with Gasteiger partial charge < -0.3 is 20.2 Å². The predicted octanol–water partition coefficient (Wildman–Crippen LogP) is 3.40. The molecule has 33 heavy (non-hydrogen) atoms. The predicted molar refractivity (Wildman–Crippen MR) is 125 cm³/mol. The van der Waals surface area contributed by atoms with Crippen LogP contribution in [-0.2, 0) is 24.2 Å². The molecule has 0 bridgehead atoms. The van der Waals surface area contributed by atoms with Crippen molar-refractivity contribution < 1.29 is 19.1 Å². The first-order valence-electron chi connectivity index (χ1n) is 11.1. The van der Waals surface area contributed by atoms with Crippen LogP contribution in [0.15, 0.2) is 47.1 Å². The number of carbonyl (C=O) groups excluding carboxylic acids is 2. The van der Waals surface area contributed by atoms with Crippen molar-refractivity contribution in [3.05, 3.63) is 70.0 Å². The number of anilines is 1. The highest BCUT2D eigenvalue weighted by molar-refractivity contribution is 7.17. The van der Waals surface area contributed by atoms with Crippen LogP contribution >= 0.6 is 11.3 Å². The smallest absolute Gasteiger partial charge is 0.254 e. The van der Waals surface area contributed by atoms with Crippen LogP contribution < -0.4 is 21.5 Å². The van der Waals surface area contributed by atoms with Crippen LogP contribution in [0.3, 0.4) is 0 Å². The van der Waals surface area contributed by atoms with E-state index in [1.807, 2.05) is 18.2 Å². The quantitative estimate of drug-likeness (QED) is 0.380. The number of hydrogen-bond donors (Lipinski definition) is 5. The zero-order valence-corrected chi connectivity index (χ0v) is 18.8. The van der Waals surface area contributed by atoms with Crippen molar-refractivity contribution >= 4 is 28.2 Å². The molecule has 1 aliphatic heterocycles. The van der Waals surface area contributed by atoms with E-state index in [2.05, 4.69) is 21.5 Å². The van der Waals surface area contributed by atoms with E-state index in [9.17, 15) is 14.7 Å². The molecule has 2 aromatic heterocycles. The Balaban J connectivity index is 1.31. The number of phenols is 1. The number of rotatable bonds is 6. The lowest BCUT2D eigenvalue weighted by Gasteiger charge is -2.14. The van der Waals surface area contributed by atoms with Crippen molar-refractivity contribution in [3.63, 3.8) is 0 Å². The largest absolute Gasteiger partial charge is 0.508 e. The molecule has 0 saturated carbocycles. The molecule has 1 aliphatic carbocycles. The van der Waals surface area contributed by atoms with E-state index < -0.39 is 6.04 Å². The Morgan fingerprint density at radius 2 is 1.97 bits per heavy atom. The van der Waals surface area contributed by atoms with Crippen LogP contribution in [0.25, 0.3) is 0 Å². The number of hydrazine groups is 1. The van der Waals surface area contributed by atoms with E-state index in [4.69, 9.17) is 4.42 Å². The van der Waals surface area contributed by atoms with Gasteiger partial charge in [-0.3, -0.25) is 9.59 Å². The number of para-hydroxylation sites is 1. The van der Waals surface area contributed by atoms with Crippen molar-refractivity contribution in [3.8, 4) is 5.75 Å². The molecule has 1 saturated heterocycles. The van der Waals surface area contributed by atoms with E-state index in [1.54, 1.807) is 24.5 Å². The van der Waals surface area contributed by atoms with Gasteiger partial charge in [0.2, 0.25) is 5.91 Å². The zero-order chi connectivity index (χ0) is 22.8. The molecule has 0 radical (unpaired) electrons. The summed E-state index contributed by atoms with van der Waals surface area (Å²) in [6.07, 6.45) is 5.94. The molecule has 3 heterocycles. The molecule has 5 N–H and O–H groups in total. The number of aromatic hydroxyl groups is 1. The van der Waals surface area contributed by atoms with Crippen molar-refractivity contribution in [2.75, 3.05) is 5.32 Å². The van der Waals surface area contributed by atoms with Crippen LogP contribution in [0.2, 0.25) is 0 Å². The maximum Gasteiger partial charge on any atom is 0.254 e. The number of phenolic OH excluding ortho intramolecular Hbond substituents is 1. The van der Waals surface area contributed by atoms with Crippen LogP contribution in [0.5, 0.6) is 5.75 Å². The van der Waals surface area contributed by atoms with Gasteiger partial charge in [0, 0.05) is 10.4 Å². The summed E-state index contributed by atoms with van der Waals surface area (Å²) in [5, 5.41) is 16.6. The number of carbonyl (C=O) groups is 2. The van der Waals surface area contributed by atoms with Gasteiger partial charge in [-0.15, -0.1) is 11.3 Å². The second-order valence-electron chi connectivity index (χ2n) is 8.35. The minimum atomic E-state index is -0.493. The first-order chi connectivity index (χ1) is 16.1. The monoisotopic (exact) mass is 466 g/mol. The van der Waals surface area contributed by atoms with Crippen molar-refractivity contribution in [2.45, 2.75) is 50.7 Å². The lowest BCUT2D eigenvalue weighted by Crippen LogP contribution is -2.39. The SMILES string of the molecule is O=C(NCc1ccco1)c1c(NC(=O)C2CC(c3ccccc3O)NN2)sc2c1CCCC2. The van der Waals surface area contributed by atoms with Crippen molar-refractivity contribution in [1.82, 2.24) is 16.2 Å². The molecule has 2 unspecified atom stereocenters. The molecule has 2 atom stereocenters. The molecule has 2 amide bonds. The van der Waals surface area contributed by atoms with E-state index in [-0.39, 0.29) is 23.6 Å². The highest BCUT2D eigenvalue weighted by atomic mass is 32.1. The number of aryl methyl sites for hydroxylation is 1. The Morgan fingerprint density at radius 1 is 1.12 bits per heavy atom. The average Bonchev–Trinajstić information content (AvgIpc) is 3.57. The van der Waals surface area contributed by atoms with Gasteiger partial charge >= 0.3 is 0 Å². The Hall–Kier alpha value is -3.14. The van der Waals surface area contributed by atoms with Crippen LogP contribution in [-0.4, -0.2) is 23.0 Å². The number of hydrogen-bond acceptors (Lipinski definition) is 7. The summed E-state index contributed by atoms with van der Waals surface area (Å²) in [6.45, 7) is 0.292. The van der Waals surface area contributed by atoms with E-state index in [0.29, 0.717) is 29.3 Å². The van der Waals surface area contributed by atoms with Crippen LogP contribution in [0.4, 0.5) is 5.00 Å². The minimum Gasteiger partial charge on any atom is -0.508 e. The molecule has 1 aromatic carbocycles. The lowest BCUT2D eigenvalue weighted by molar-refractivity contribution is -0.117. The highest BCUT2D eigenvalue weighted by Crippen LogP contribution is 2.38. The molecule has 172 valence electrons. The molecule has 0 spiro atoms. The number of benzene rings is 1. The second kappa shape index (κ2) is 9.38. The van der Waals surface area contributed by atoms with Gasteiger partial charge in [0.1, 0.15) is 22.6 Å². The summed E-state index contributed by atoms with van der Waals surface area (Å²) >= 11 is 1.50. The molecule has 3 aromatic rings. The summed E-state index contributed by atoms with van der Waals surface area (Å²) in [4.78, 5) is 27.4. The fraction of sp³-hybridized carbons (Fsp3) is 0.333. The fourth-order valence-electron chi connectivity index (χ4n) is 4.48. The Kier molecular flexibility index (Phi) is 6.17. The number of furan rings is 1. The number of amides is 2. The third-order valence-electron chi connectivity index (χ3n) is 6.17. The summed E-state index contributed by atoms with van der Waals surface area (Å²) in [5.74, 6) is 0.457. The van der Waals surface area contributed by atoms with Gasteiger partial charge in [-0.25, -0.2) is 10.9 Å². The molecule has 5 rings (SSSR count). The lowest BCUT2D eigenvalue weighted by atomic mass is 9.95. The normalized spacial score (nSPS) is 19.8. The molecular formula is C24H26N4O4S. The maximum absolute atomic E-state index is 13.1. The van der Waals surface area contributed by atoms with E-state index >= 15 is 0 Å². The number of thiophene rings is 1. The Labute approximate surface area is 195 Å². The first kappa shape index (κ1) is 21.7. The molecule has 2 aliphatic rings. The standard InChI is InChI=1S/C24H26N4O4S/c29-19-9-3-1-7-15(19)17-12-18(28-27-17)22(30)26-24-21(16-8-2-4-10-20(16)33-24)23(31)25-13-14-6-5-11-32-14/h1,3,5-7,9,11,17-18,27-29H,2,4,8,10,12-13H2,(H,25,31)(H,26,30). The van der Waals surface area contributed by atoms with Crippen LogP contribution in [0, 0.1) is 0 Å². The summed E-state index contributed by atoms with van der Waals surface area (Å²) in [5.41, 5.74) is 8.47. The molecule has 8 nitrogen and oxygen atoms in total. The second-order valence-corrected chi connectivity index (χ2v) is 9.46. The Morgan fingerprint density at radius 3 is 2.79 bits per heavy atom. The summed E-state index contributed by atoms with van der Waals surface area (Å²) in [7, 11) is 0. The van der Waals surface area contributed by atoms with Crippen molar-refractivity contribution in [1.29, 1.82) is 0 Å². The van der Waals surface area contributed by atoms with Gasteiger partial charge in [-0.05, 0) is 55.9 Å². The van der Waals surface area contributed by atoms with E-state index in [1.165, 1.54) is 16.2 Å². The summed E-state index contributed by atoms with van der Waals surface area (Å²) in [6, 6.07) is 10.0. The number of fused-ring (bicyclic) bond motifs is 1. The van der Waals surface area contributed by atoms with Gasteiger partial charge in [-0.1, -0.05) is 18.2 Å². The summed E-state index contributed by atoms with van der Waals surface area (Å²) < 4.78 is 5.32. The van der Waals surface area contributed by atoms with Gasteiger partial charge in [0.25, 0.3) is 5.91 Å². The Bertz CT molecular complexity index is 1160. The zero-order valence-electron chi connectivity index (χ0n) is 18.0. The maximum atomic E-state index is 13.1. The third kappa shape index (κ3) is 4.52. The fourth-order valence-corrected chi connectivity index (χ4v) is 5.77. The van der Waals surface area contributed by atoms with Gasteiger partial charge in [-0.2, -0.15) is 0 Å².